The Morgan fingerprint density at radius 3 is 2.24 bits per heavy atom. The van der Waals surface area contributed by atoms with Crippen LogP contribution in [0.3, 0.4) is 0 Å². The number of esters is 1. The molecular weight excluding hydrogens is 250 g/mol. The minimum absolute atomic E-state index is 0.232. The van der Waals surface area contributed by atoms with Gasteiger partial charge in [0.1, 0.15) is 5.54 Å². The van der Waals surface area contributed by atoms with Crippen molar-refractivity contribution < 1.29 is 27.9 Å². The molecule has 1 saturated carbocycles. The van der Waals surface area contributed by atoms with Crippen LogP contribution in [0.25, 0.3) is 0 Å². The first-order chi connectivity index (χ1) is 7.75. The number of carboxylic acid groups (broad SMARTS) is 1. The van der Waals surface area contributed by atoms with Gasteiger partial charge in [-0.05, 0) is 26.2 Å². The summed E-state index contributed by atoms with van der Waals surface area (Å²) in [7, 11) is -2.97. The molecule has 8 heteroatoms. The van der Waals surface area contributed by atoms with E-state index in [1.165, 1.54) is 0 Å². The molecule has 0 bridgehead atoms. The van der Waals surface area contributed by atoms with Crippen LogP contribution in [0.1, 0.15) is 26.2 Å². The zero-order chi connectivity index (χ0) is 13.3. The minimum atomic E-state index is -4.04. The Kier molecular flexibility index (Phi) is 3.78. The number of carbonyl (C=O) groups is 2. The number of aliphatic carboxylic acids is 1. The van der Waals surface area contributed by atoms with E-state index in [1.54, 1.807) is 0 Å². The van der Waals surface area contributed by atoms with Gasteiger partial charge in [0.25, 0.3) is 0 Å². The fourth-order valence-electron chi connectivity index (χ4n) is 1.54. The van der Waals surface area contributed by atoms with Crippen molar-refractivity contribution in [3.63, 3.8) is 0 Å². The standard InChI is InChI=1S/C9H15NO6S/c1-6(7(11)16-2)17(14,15)10-9(8(12)13)4-3-5-9/h6,10H,3-5H2,1-2H3,(H,12,13). The summed E-state index contributed by atoms with van der Waals surface area (Å²) in [5, 5.41) is 7.55. The average molecular weight is 265 g/mol. The van der Waals surface area contributed by atoms with Gasteiger partial charge < -0.3 is 9.84 Å². The van der Waals surface area contributed by atoms with Gasteiger partial charge in [-0.1, -0.05) is 0 Å². The molecule has 0 aromatic rings. The molecule has 0 saturated heterocycles. The number of sulfonamides is 1. The number of rotatable bonds is 5. The van der Waals surface area contributed by atoms with Gasteiger partial charge in [0.2, 0.25) is 10.0 Å². The van der Waals surface area contributed by atoms with Crippen LogP contribution in [-0.4, -0.2) is 43.4 Å². The first-order valence-electron chi connectivity index (χ1n) is 5.09. The summed E-state index contributed by atoms with van der Waals surface area (Å²) in [5.41, 5.74) is -1.46. The highest BCUT2D eigenvalue weighted by molar-refractivity contribution is 7.90. The van der Waals surface area contributed by atoms with Crippen LogP contribution in [0.15, 0.2) is 0 Å². The van der Waals surface area contributed by atoms with Crippen molar-refractivity contribution in [2.75, 3.05) is 7.11 Å². The molecule has 0 heterocycles. The van der Waals surface area contributed by atoms with Crippen molar-refractivity contribution in [3.05, 3.63) is 0 Å². The van der Waals surface area contributed by atoms with Crippen LogP contribution in [-0.2, 0) is 24.3 Å². The zero-order valence-electron chi connectivity index (χ0n) is 9.60. The molecule has 0 aromatic heterocycles. The number of ether oxygens (including phenoxy) is 1. The molecule has 2 N–H and O–H groups in total. The number of hydrogen-bond donors (Lipinski definition) is 2. The molecule has 7 nitrogen and oxygen atoms in total. The van der Waals surface area contributed by atoms with E-state index < -0.39 is 32.8 Å². The molecule has 0 aliphatic heterocycles. The average Bonchev–Trinajstić information content (AvgIpc) is 2.20. The SMILES string of the molecule is COC(=O)C(C)S(=O)(=O)NC1(C(=O)O)CCC1. The molecular formula is C9H15NO6S. The van der Waals surface area contributed by atoms with Crippen molar-refractivity contribution in [2.24, 2.45) is 0 Å². The third-order valence-electron chi connectivity index (χ3n) is 2.95. The lowest BCUT2D eigenvalue weighted by Gasteiger charge is -2.38. The molecule has 17 heavy (non-hydrogen) atoms. The van der Waals surface area contributed by atoms with Crippen molar-refractivity contribution >= 4 is 22.0 Å². The van der Waals surface area contributed by atoms with Gasteiger partial charge in [-0.25, -0.2) is 8.42 Å². The fourth-order valence-corrected chi connectivity index (χ4v) is 2.91. The largest absolute Gasteiger partial charge is 0.480 e. The van der Waals surface area contributed by atoms with E-state index >= 15 is 0 Å². The summed E-state index contributed by atoms with van der Waals surface area (Å²) >= 11 is 0. The van der Waals surface area contributed by atoms with E-state index in [0.717, 1.165) is 14.0 Å². The normalized spacial score (nSPS) is 20.1. The molecule has 0 radical (unpaired) electrons. The lowest BCUT2D eigenvalue weighted by Crippen LogP contribution is -2.61. The summed E-state index contributed by atoms with van der Waals surface area (Å²) < 4.78 is 29.9. The maximum Gasteiger partial charge on any atom is 0.325 e. The number of carboxylic acids is 1. The van der Waals surface area contributed by atoms with E-state index in [-0.39, 0.29) is 12.8 Å². The summed E-state index contributed by atoms with van der Waals surface area (Å²) in [4.78, 5) is 22.1. The number of nitrogens with one attached hydrogen (secondary N) is 1. The second-order valence-electron chi connectivity index (χ2n) is 4.05. The molecule has 0 amide bonds. The molecule has 1 rings (SSSR count). The van der Waals surface area contributed by atoms with Gasteiger partial charge >= 0.3 is 11.9 Å². The van der Waals surface area contributed by atoms with Crippen LogP contribution >= 0.6 is 0 Å². The van der Waals surface area contributed by atoms with Crippen LogP contribution in [0.4, 0.5) is 0 Å². The zero-order valence-corrected chi connectivity index (χ0v) is 10.4. The highest BCUT2D eigenvalue weighted by Gasteiger charge is 2.49. The molecule has 1 fully saturated rings. The van der Waals surface area contributed by atoms with Gasteiger partial charge in [-0.2, -0.15) is 4.72 Å². The monoisotopic (exact) mass is 265 g/mol. The van der Waals surface area contributed by atoms with E-state index in [2.05, 4.69) is 9.46 Å². The van der Waals surface area contributed by atoms with E-state index in [4.69, 9.17) is 5.11 Å². The lowest BCUT2D eigenvalue weighted by molar-refractivity contribution is -0.147. The Morgan fingerprint density at radius 2 is 1.94 bits per heavy atom. The molecule has 1 atom stereocenters. The first kappa shape index (κ1) is 13.9. The maximum absolute atomic E-state index is 11.8. The van der Waals surface area contributed by atoms with E-state index in [0.29, 0.717) is 6.42 Å². The van der Waals surface area contributed by atoms with Gasteiger partial charge in [-0.15, -0.1) is 0 Å². The quantitative estimate of drug-likeness (QED) is 0.647. The number of carbonyl (C=O) groups excluding carboxylic acids is 1. The number of hydrogen-bond acceptors (Lipinski definition) is 5. The summed E-state index contributed by atoms with van der Waals surface area (Å²) in [5.74, 6) is -2.14. The van der Waals surface area contributed by atoms with Gasteiger partial charge in [-0.3, -0.25) is 9.59 Å². The smallest absolute Gasteiger partial charge is 0.325 e. The second-order valence-corrected chi connectivity index (χ2v) is 6.05. The minimum Gasteiger partial charge on any atom is -0.480 e. The predicted octanol–water partition coefficient (Wildman–Crippen LogP) is -0.525. The van der Waals surface area contributed by atoms with Crippen molar-refractivity contribution in [2.45, 2.75) is 37.0 Å². The third-order valence-corrected chi connectivity index (χ3v) is 4.75. The first-order valence-corrected chi connectivity index (χ1v) is 6.64. The highest BCUT2D eigenvalue weighted by atomic mass is 32.2. The molecule has 0 spiro atoms. The van der Waals surface area contributed by atoms with Crippen molar-refractivity contribution in [3.8, 4) is 0 Å². The highest BCUT2D eigenvalue weighted by Crippen LogP contribution is 2.33. The van der Waals surface area contributed by atoms with Crippen molar-refractivity contribution in [1.29, 1.82) is 0 Å². The molecule has 1 aliphatic rings. The number of methoxy groups -OCH3 is 1. The van der Waals surface area contributed by atoms with Crippen LogP contribution in [0.5, 0.6) is 0 Å². The molecule has 1 aliphatic carbocycles. The summed E-state index contributed by atoms with van der Waals surface area (Å²) in [6, 6.07) is 0. The van der Waals surface area contributed by atoms with E-state index in [9.17, 15) is 18.0 Å². The van der Waals surface area contributed by atoms with Crippen LogP contribution in [0, 0.1) is 0 Å². The van der Waals surface area contributed by atoms with Crippen molar-refractivity contribution in [1.82, 2.24) is 4.72 Å². The van der Waals surface area contributed by atoms with E-state index in [1.807, 2.05) is 0 Å². The third kappa shape index (κ3) is 2.58. The van der Waals surface area contributed by atoms with Gasteiger partial charge in [0.15, 0.2) is 5.25 Å². The van der Waals surface area contributed by atoms with Gasteiger partial charge in [0.05, 0.1) is 7.11 Å². The fraction of sp³-hybridized carbons (Fsp3) is 0.778. The maximum atomic E-state index is 11.8. The molecule has 1 unspecified atom stereocenters. The van der Waals surface area contributed by atoms with Crippen LogP contribution in [0.2, 0.25) is 0 Å². The Labute approximate surface area is 99.2 Å². The Hall–Kier alpha value is -1.15. The lowest BCUT2D eigenvalue weighted by atomic mass is 9.78. The van der Waals surface area contributed by atoms with Crippen LogP contribution < -0.4 is 4.72 Å². The summed E-state index contributed by atoms with van der Waals surface area (Å²) in [6.45, 7) is 1.16. The Morgan fingerprint density at radius 1 is 1.41 bits per heavy atom. The Balaban J connectivity index is 2.86. The molecule has 0 aromatic carbocycles. The second kappa shape index (κ2) is 4.61. The molecule has 98 valence electrons. The Bertz CT molecular complexity index is 425. The predicted molar refractivity (Wildman–Crippen MR) is 57.8 cm³/mol. The summed E-state index contributed by atoms with van der Waals surface area (Å²) in [6.07, 6.45) is 1.10. The van der Waals surface area contributed by atoms with Gasteiger partial charge in [0, 0.05) is 0 Å². The topological polar surface area (TPSA) is 110 Å².